The molecule has 0 aromatic heterocycles. The van der Waals surface area contributed by atoms with Gasteiger partial charge in [0.1, 0.15) is 5.82 Å². The highest BCUT2D eigenvalue weighted by Gasteiger charge is 2.40. The minimum Gasteiger partial charge on any atom is -0.383 e. The van der Waals surface area contributed by atoms with E-state index in [0.717, 1.165) is 35.2 Å². The Morgan fingerprint density at radius 2 is 2.00 bits per heavy atom. The summed E-state index contributed by atoms with van der Waals surface area (Å²) in [5.74, 6) is 0.177. The molecule has 0 saturated heterocycles. The Bertz CT molecular complexity index is 798. The molecule has 124 valence electrons. The van der Waals surface area contributed by atoms with Crippen LogP contribution in [0.25, 0.3) is 0 Å². The van der Waals surface area contributed by atoms with E-state index in [2.05, 4.69) is 6.07 Å². The standard InChI is InChI=1S/C19H22N4O/c1-12-7-4-5-8-13(12)17-14(11-20)19(21)23(22(2)3)15-9-6-10-16(24)18(15)17/h4-5,7-8,17H,6,9-10,21H2,1-3H3/t17-/m1/s1. The van der Waals surface area contributed by atoms with Crippen LogP contribution < -0.4 is 5.73 Å². The maximum Gasteiger partial charge on any atom is 0.161 e. The molecule has 0 unspecified atom stereocenters. The largest absolute Gasteiger partial charge is 0.383 e. The van der Waals surface area contributed by atoms with Gasteiger partial charge in [-0.1, -0.05) is 24.3 Å². The van der Waals surface area contributed by atoms with Crippen molar-refractivity contribution in [1.29, 1.82) is 5.26 Å². The summed E-state index contributed by atoms with van der Waals surface area (Å²) in [6.07, 6.45) is 2.14. The second-order valence-corrected chi connectivity index (χ2v) is 6.50. The maximum atomic E-state index is 12.8. The average molecular weight is 322 g/mol. The molecule has 5 nitrogen and oxygen atoms in total. The molecule has 1 heterocycles. The number of benzene rings is 1. The molecule has 0 radical (unpaired) electrons. The lowest BCUT2D eigenvalue weighted by Gasteiger charge is -2.42. The number of hydrogen-bond acceptors (Lipinski definition) is 5. The normalized spacial score (nSPS) is 21.2. The van der Waals surface area contributed by atoms with Crippen molar-refractivity contribution >= 4 is 5.78 Å². The van der Waals surface area contributed by atoms with Crippen molar-refractivity contribution in [3.63, 3.8) is 0 Å². The monoisotopic (exact) mass is 322 g/mol. The number of ketones is 1. The Labute approximate surface area is 142 Å². The summed E-state index contributed by atoms with van der Waals surface area (Å²) in [4.78, 5) is 12.8. The van der Waals surface area contributed by atoms with Gasteiger partial charge in [0.15, 0.2) is 5.78 Å². The highest BCUT2D eigenvalue weighted by Crippen LogP contribution is 2.45. The van der Waals surface area contributed by atoms with Gasteiger partial charge in [-0.25, -0.2) is 5.01 Å². The number of aryl methyl sites for hydroxylation is 1. The van der Waals surface area contributed by atoms with Gasteiger partial charge in [-0.3, -0.25) is 9.80 Å². The number of Topliss-reactive ketones (excluding diaryl/α,β-unsaturated/α-hetero) is 1. The zero-order valence-corrected chi connectivity index (χ0v) is 14.3. The number of carbonyl (C=O) groups excluding carboxylic acids is 1. The third-order valence-electron chi connectivity index (χ3n) is 4.79. The molecule has 1 atom stereocenters. The van der Waals surface area contributed by atoms with Crippen molar-refractivity contribution in [3.05, 3.63) is 58.1 Å². The van der Waals surface area contributed by atoms with E-state index in [1.807, 2.05) is 55.3 Å². The third kappa shape index (κ3) is 2.40. The summed E-state index contributed by atoms with van der Waals surface area (Å²) in [7, 11) is 3.75. The van der Waals surface area contributed by atoms with Crippen LogP contribution in [-0.2, 0) is 4.79 Å². The first-order valence-electron chi connectivity index (χ1n) is 8.16. The number of hydrogen-bond donors (Lipinski definition) is 1. The second kappa shape index (κ2) is 6.14. The van der Waals surface area contributed by atoms with E-state index < -0.39 is 0 Å². The van der Waals surface area contributed by atoms with Gasteiger partial charge in [-0.05, 0) is 30.9 Å². The number of nitriles is 1. The van der Waals surface area contributed by atoms with E-state index in [-0.39, 0.29) is 11.7 Å². The Kier molecular flexibility index (Phi) is 4.16. The first kappa shape index (κ1) is 16.3. The number of hydrazine groups is 1. The van der Waals surface area contributed by atoms with Crippen molar-refractivity contribution in [2.24, 2.45) is 5.73 Å². The van der Waals surface area contributed by atoms with Gasteiger partial charge >= 0.3 is 0 Å². The maximum absolute atomic E-state index is 12.8. The molecule has 2 N–H and O–H groups in total. The minimum atomic E-state index is -0.366. The smallest absolute Gasteiger partial charge is 0.161 e. The Balaban J connectivity index is 2.30. The highest BCUT2D eigenvalue weighted by atomic mass is 16.1. The van der Waals surface area contributed by atoms with E-state index in [9.17, 15) is 10.1 Å². The van der Waals surface area contributed by atoms with E-state index in [4.69, 9.17) is 5.73 Å². The second-order valence-electron chi connectivity index (χ2n) is 6.50. The molecule has 0 saturated carbocycles. The van der Waals surface area contributed by atoms with E-state index in [0.29, 0.717) is 17.8 Å². The molecule has 0 spiro atoms. The van der Waals surface area contributed by atoms with Crippen molar-refractivity contribution in [1.82, 2.24) is 10.0 Å². The number of nitrogens with zero attached hydrogens (tertiary/aromatic N) is 3. The van der Waals surface area contributed by atoms with Gasteiger partial charge in [0, 0.05) is 31.8 Å². The molecular weight excluding hydrogens is 300 g/mol. The summed E-state index contributed by atoms with van der Waals surface area (Å²) in [5, 5.41) is 13.5. The lowest BCUT2D eigenvalue weighted by Crippen LogP contribution is -2.45. The molecule has 2 aliphatic rings. The summed E-state index contributed by atoms with van der Waals surface area (Å²) in [6, 6.07) is 10.2. The van der Waals surface area contributed by atoms with Crippen LogP contribution in [-0.4, -0.2) is 29.9 Å². The Morgan fingerprint density at radius 3 is 2.62 bits per heavy atom. The lowest BCUT2D eigenvalue weighted by atomic mass is 9.75. The molecule has 0 amide bonds. The van der Waals surface area contributed by atoms with Gasteiger partial charge in [0.05, 0.1) is 17.6 Å². The Hall–Kier alpha value is -2.58. The van der Waals surface area contributed by atoms with Gasteiger partial charge in [-0.15, -0.1) is 0 Å². The van der Waals surface area contributed by atoms with E-state index >= 15 is 0 Å². The average Bonchev–Trinajstić information content (AvgIpc) is 2.54. The molecule has 0 fully saturated rings. The summed E-state index contributed by atoms with van der Waals surface area (Å²) in [5.41, 5.74) is 10.5. The molecule has 3 rings (SSSR count). The fraction of sp³-hybridized carbons (Fsp3) is 0.368. The first-order valence-corrected chi connectivity index (χ1v) is 8.16. The van der Waals surface area contributed by atoms with Crippen LogP contribution >= 0.6 is 0 Å². The fourth-order valence-corrected chi connectivity index (χ4v) is 3.75. The van der Waals surface area contributed by atoms with Crippen molar-refractivity contribution < 1.29 is 4.79 Å². The van der Waals surface area contributed by atoms with Gasteiger partial charge in [0.2, 0.25) is 0 Å². The predicted octanol–water partition coefficient (Wildman–Crippen LogP) is 2.57. The van der Waals surface area contributed by atoms with Gasteiger partial charge in [0.25, 0.3) is 0 Å². The molecular formula is C19H22N4O. The first-order chi connectivity index (χ1) is 11.5. The SMILES string of the molecule is Cc1ccccc1[C@@H]1C(C#N)=C(N)N(N(C)C)C2=C1C(=O)CCC2. The lowest BCUT2D eigenvalue weighted by molar-refractivity contribution is -0.116. The van der Waals surface area contributed by atoms with E-state index in [1.54, 1.807) is 0 Å². The molecule has 1 aromatic rings. The van der Waals surface area contributed by atoms with E-state index in [1.165, 1.54) is 0 Å². The molecule has 24 heavy (non-hydrogen) atoms. The summed E-state index contributed by atoms with van der Waals surface area (Å²) < 4.78 is 0. The van der Waals surface area contributed by atoms with Crippen molar-refractivity contribution in [2.75, 3.05) is 14.1 Å². The minimum absolute atomic E-state index is 0.122. The van der Waals surface area contributed by atoms with Crippen LogP contribution in [0.3, 0.4) is 0 Å². The third-order valence-corrected chi connectivity index (χ3v) is 4.79. The van der Waals surface area contributed by atoms with Crippen molar-refractivity contribution in [3.8, 4) is 6.07 Å². The topological polar surface area (TPSA) is 73.4 Å². The quantitative estimate of drug-likeness (QED) is 0.906. The van der Waals surface area contributed by atoms with Crippen LogP contribution in [0, 0.1) is 18.3 Å². The zero-order chi connectivity index (χ0) is 17.4. The van der Waals surface area contributed by atoms with Crippen LogP contribution in [0.1, 0.15) is 36.3 Å². The zero-order valence-electron chi connectivity index (χ0n) is 14.3. The van der Waals surface area contributed by atoms with Crippen LogP contribution in [0.5, 0.6) is 0 Å². The van der Waals surface area contributed by atoms with Crippen LogP contribution in [0.2, 0.25) is 0 Å². The van der Waals surface area contributed by atoms with Gasteiger partial charge in [-0.2, -0.15) is 5.26 Å². The number of carbonyl (C=O) groups is 1. The predicted molar refractivity (Wildman–Crippen MR) is 92.2 cm³/mol. The summed E-state index contributed by atoms with van der Waals surface area (Å²) in [6.45, 7) is 2.01. The molecule has 1 aromatic carbocycles. The molecule has 1 aliphatic heterocycles. The van der Waals surface area contributed by atoms with Gasteiger partial charge < -0.3 is 5.73 Å². The Morgan fingerprint density at radius 1 is 1.29 bits per heavy atom. The van der Waals surface area contributed by atoms with Crippen LogP contribution in [0.4, 0.5) is 0 Å². The van der Waals surface area contributed by atoms with Crippen molar-refractivity contribution in [2.45, 2.75) is 32.1 Å². The molecule has 1 aliphatic carbocycles. The highest BCUT2D eigenvalue weighted by molar-refractivity contribution is 5.99. The molecule has 5 heteroatoms. The number of allylic oxidation sites excluding steroid dienone is 3. The number of rotatable bonds is 2. The molecule has 0 bridgehead atoms. The summed E-state index contributed by atoms with van der Waals surface area (Å²) >= 11 is 0. The fourth-order valence-electron chi connectivity index (χ4n) is 3.75. The number of nitrogens with two attached hydrogens (primary N) is 1. The van der Waals surface area contributed by atoms with Crippen LogP contribution in [0.15, 0.2) is 46.9 Å².